The summed E-state index contributed by atoms with van der Waals surface area (Å²) in [6.07, 6.45) is 3.78. The fourth-order valence-electron chi connectivity index (χ4n) is 5.04. The van der Waals surface area contributed by atoms with Crippen molar-refractivity contribution < 1.29 is 22.4 Å². The Balaban J connectivity index is 1.03. The Labute approximate surface area is 208 Å². The highest BCUT2D eigenvalue weighted by Gasteiger charge is 2.38. The van der Waals surface area contributed by atoms with E-state index < -0.39 is 23.5 Å². The number of fused-ring (bicyclic) bond motifs is 1. The van der Waals surface area contributed by atoms with Crippen LogP contribution in [-0.2, 0) is 6.18 Å². The molecule has 0 bridgehead atoms. The second-order valence-electron chi connectivity index (χ2n) is 9.32. The molecule has 2 saturated heterocycles. The van der Waals surface area contributed by atoms with Crippen molar-refractivity contribution in [1.82, 2.24) is 34.5 Å². The monoisotopic (exact) mass is 512 g/mol. The van der Waals surface area contributed by atoms with E-state index in [2.05, 4.69) is 25.0 Å². The molecule has 191 valence electrons. The zero-order valence-corrected chi connectivity index (χ0v) is 19.5. The molecule has 2 aliphatic rings. The summed E-state index contributed by atoms with van der Waals surface area (Å²) in [4.78, 5) is 28.3. The molecule has 37 heavy (non-hydrogen) atoms. The van der Waals surface area contributed by atoms with E-state index in [1.807, 2.05) is 23.1 Å². The molecule has 1 radical (unpaired) electrons. The van der Waals surface area contributed by atoms with Crippen LogP contribution in [0.3, 0.4) is 0 Å². The number of aromatic nitrogens is 5. The highest BCUT2D eigenvalue weighted by atomic mass is 19.4. The Morgan fingerprint density at radius 1 is 1.08 bits per heavy atom. The molecule has 1 amide bonds. The molecule has 6 rings (SSSR count). The number of rotatable bonds is 4. The van der Waals surface area contributed by atoms with Gasteiger partial charge in [0.05, 0.1) is 17.5 Å². The molecule has 2 aliphatic heterocycles. The van der Waals surface area contributed by atoms with Crippen molar-refractivity contribution in [2.75, 3.05) is 26.2 Å². The highest BCUT2D eigenvalue weighted by Crippen LogP contribution is 2.33. The average Bonchev–Trinajstić information content (AvgIpc) is 3.52. The lowest BCUT2D eigenvalue weighted by atomic mass is 9.97. The first-order valence-electron chi connectivity index (χ1n) is 11.9. The predicted octanol–water partition coefficient (Wildman–Crippen LogP) is 3.98. The second kappa shape index (κ2) is 8.94. The lowest BCUT2D eigenvalue weighted by Gasteiger charge is -2.46. The fraction of sp³-hybridized carbons (Fsp3) is 0.320. The van der Waals surface area contributed by atoms with Gasteiger partial charge >= 0.3 is 6.18 Å². The van der Waals surface area contributed by atoms with Gasteiger partial charge < -0.3 is 9.88 Å². The van der Waals surface area contributed by atoms with Crippen LogP contribution < -0.4 is 0 Å². The third kappa shape index (κ3) is 4.35. The molecule has 0 atom stereocenters. The van der Waals surface area contributed by atoms with Gasteiger partial charge in [0.25, 0.3) is 5.91 Å². The van der Waals surface area contributed by atoms with Crippen LogP contribution in [-0.4, -0.2) is 72.7 Å². The van der Waals surface area contributed by atoms with E-state index in [-0.39, 0.29) is 11.6 Å². The van der Waals surface area contributed by atoms with Gasteiger partial charge in [-0.25, -0.2) is 14.4 Å². The molecule has 0 aliphatic carbocycles. The van der Waals surface area contributed by atoms with Crippen LogP contribution in [0.2, 0.25) is 0 Å². The SMILES string of the molecule is O=C(c1ccc(C(F)(F)F)c(F)c1)N1CCC(N2C[C](n3cc(-c4ncnc5[nH]ccc45)cn3)C2)CC1. The smallest absolute Gasteiger partial charge is 0.346 e. The van der Waals surface area contributed by atoms with Crippen molar-refractivity contribution in [3.8, 4) is 11.3 Å². The largest absolute Gasteiger partial charge is 0.419 e. The topological polar surface area (TPSA) is 82.9 Å². The third-order valence-corrected chi connectivity index (χ3v) is 7.09. The number of aromatic amines is 1. The van der Waals surface area contributed by atoms with Crippen LogP contribution in [0.25, 0.3) is 22.3 Å². The summed E-state index contributed by atoms with van der Waals surface area (Å²) >= 11 is 0. The highest BCUT2D eigenvalue weighted by molar-refractivity contribution is 5.94. The number of carbonyl (C=O) groups excluding carboxylic acids is 1. The quantitative estimate of drug-likeness (QED) is 0.419. The first-order chi connectivity index (χ1) is 17.8. The Kier molecular flexibility index (Phi) is 5.70. The molecule has 8 nitrogen and oxygen atoms in total. The molecule has 0 spiro atoms. The third-order valence-electron chi connectivity index (χ3n) is 7.09. The number of piperidine rings is 1. The standard InChI is InChI=1S/C25H22F4N7O/c26-21-9-15(1-2-20(21)25(27,28)29)24(37)34-7-4-17(5-8-34)35-12-18(13-35)36-11-16(10-33-36)22-19-3-6-30-23(19)32-14-31-22/h1-3,6,9-11,14,17H,4-5,7-8,12-13H2,(H,30,31,32). The molecule has 4 aromatic rings. The van der Waals surface area contributed by atoms with Crippen molar-refractivity contribution in [2.45, 2.75) is 25.1 Å². The van der Waals surface area contributed by atoms with Crippen molar-refractivity contribution >= 4 is 16.9 Å². The molecule has 5 heterocycles. The predicted molar refractivity (Wildman–Crippen MR) is 126 cm³/mol. The number of hydrogen-bond acceptors (Lipinski definition) is 5. The normalized spacial score (nSPS) is 17.9. The second-order valence-corrected chi connectivity index (χ2v) is 9.32. The number of halogens is 4. The molecule has 12 heteroatoms. The molecule has 3 aromatic heterocycles. The van der Waals surface area contributed by atoms with Gasteiger partial charge in [-0.05, 0) is 37.1 Å². The number of benzene rings is 1. The molecular weight excluding hydrogens is 490 g/mol. The van der Waals surface area contributed by atoms with Gasteiger partial charge in [0.15, 0.2) is 0 Å². The molecule has 0 saturated carbocycles. The molecule has 1 N–H and O–H groups in total. The van der Waals surface area contributed by atoms with E-state index in [1.165, 1.54) is 6.33 Å². The summed E-state index contributed by atoms with van der Waals surface area (Å²) in [7, 11) is 0. The number of nitrogens with zero attached hydrogens (tertiary/aromatic N) is 6. The van der Waals surface area contributed by atoms with Crippen LogP contribution in [0.15, 0.2) is 49.2 Å². The maximum absolute atomic E-state index is 13.9. The maximum atomic E-state index is 13.9. The van der Waals surface area contributed by atoms with E-state index in [9.17, 15) is 22.4 Å². The Morgan fingerprint density at radius 3 is 2.59 bits per heavy atom. The van der Waals surface area contributed by atoms with Gasteiger partial charge in [0.2, 0.25) is 0 Å². The van der Waals surface area contributed by atoms with Crippen molar-refractivity contribution in [3.63, 3.8) is 0 Å². The minimum absolute atomic E-state index is 0.0707. The number of nitrogens with one attached hydrogen (secondary N) is 1. The Hall–Kier alpha value is -3.80. The van der Waals surface area contributed by atoms with Gasteiger partial charge in [0, 0.05) is 61.1 Å². The lowest BCUT2D eigenvalue weighted by Crippen LogP contribution is -2.56. The van der Waals surface area contributed by atoms with Crippen LogP contribution in [0.1, 0.15) is 28.8 Å². The van der Waals surface area contributed by atoms with Gasteiger partial charge in [-0.15, -0.1) is 0 Å². The van der Waals surface area contributed by atoms with Crippen LogP contribution >= 0.6 is 0 Å². The molecule has 1 aromatic carbocycles. The number of H-pyrrole nitrogens is 1. The van der Waals surface area contributed by atoms with Gasteiger partial charge in [-0.3, -0.25) is 14.4 Å². The zero-order chi connectivity index (χ0) is 25.7. The van der Waals surface area contributed by atoms with E-state index >= 15 is 0 Å². The minimum Gasteiger partial charge on any atom is -0.346 e. The number of alkyl halides is 3. The summed E-state index contributed by atoms with van der Waals surface area (Å²) < 4.78 is 54.2. The maximum Gasteiger partial charge on any atom is 0.419 e. The summed E-state index contributed by atoms with van der Waals surface area (Å²) in [5.41, 5.74) is 1.06. The van der Waals surface area contributed by atoms with E-state index in [0.717, 1.165) is 60.3 Å². The summed E-state index contributed by atoms with van der Waals surface area (Å²) in [6, 6.07) is 5.72. The van der Waals surface area contributed by atoms with Gasteiger partial charge in [-0.2, -0.15) is 18.3 Å². The van der Waals surface area contributed by atoms with Crippen LogP contribution in [0.4, 0.5) is 17.6 Å². The van der Waals surface area contributed by atoms with E-state index in [0.29, 0.717) is 25.2 Å². The number of hydrogen-bond donors (Lipinski definition) is 1. The van der Waals surface area contributed by atoms with E-state index in [1.54, 1.807) is 11.1 Å². The van der Waals surface area contributed by atoms with Gasteiger partial charge in [0.1, 0.15) is 23.8 Å². The summed E-state index contributed by atoms with van der Waals surface area (Å²) in [5, 5.41) is 5.44. The first kappa shape index (κ1) is 23.6. The lowest BCUT2D eigenvalue weighted by molar-refractivity contribution is -0.140. The minimum atomic E-state index is -4.79. The Bertz CT molecular complexity index is 1450. The fourth-order valence-corrected chi connectivity index (χ4v) is 5.04. The van der Waals surface area contributed by atoms with Crippen LogP contribution in [0.5, 0.6) is 0 Å². The van der Waals surface area contributed by atoms with Crippen LogP contribution in [0, 0.1) is 11.9 Å². The van der Waals surface area contributed by atoms with Gasteiger partial charge in [-0.1, -0.05) is 0 Å². The van der Waals surface area contributed by atoms with Crippen molar-refractivity contribution in [1.29, 1.82) is 0 Å². The van der Waals surface area contributed by atoms with Crippen molar-refractivity contribution in [2.24, 2.45) is 0 Å². The molecular formula is C25H22F4N7O. The van der Waals surface area contributed by atoms with Crippen molar-refractivity contribution in [3.05, 3.63) is 72.2 Å². The number of carbonyl (C=O) groups is 1. The Morgan fingerprint density at radius 2 is 1.86 bits per heavy atom. The molecule has 2 fully saturated rings. The average molecular weight is 512 g/mol. The van der Waals surface area contributed by atoms with E-state index in [4.69, 9.17) is 0 Å². The number of likely N-dealkylation sites (tertiary alicyclic amines) is 2. The summed E-state index contributed by atoms with van der Waals surface area (Å²) in [5.74, 6) is -1.89. The summed E-state index contributed by atoms with van der Waals surface area (Å²) in [6.45, 7) is 2.44. The zero-order valence-electron chi connectivity index (χ0n) is 19.5. The number of amides is 1. The molecule has 0 unspecified atom stereocenters. The first-order valence-corrected chi connectivity index (χ1v) is 11.9.